The zero-order valence-electron chi connectivity index (χ0n) is 16.8. The number of nitrogens with zero attached hydrogens (tertiary/aromatic N) is 3. The van der Waals surface area contributed by atoms with E-state index in [9.17, 15) is 5.11 Å². The molecule has 2 rings (SSSR count). The Morgan fingerprint density at radius 2 is 1.72 bits per heavy atom. The first-order chi connectivity index (χ1) is 14.0. The molecule has 0 bridgehead atoms. The molecule has 0 spiro atoms. The number of aliphatic hydroxyl groups is 1. The van der Waals surface area contributed by atoms with Crippen LogP contribution < -0.4 is 0 Å². The van der Waals surface area contributed by atoms with Gasteiger partial charge in [0.15, 0.2) is 0 Å². The molecule has 0 aliphatic rings. The number of aromatic nitrogens is 1. The van der Waals surface area contributed by atoms with Crippen molar-refractivity contribution in [1.29, 1.82) is 0 Å². The van der Waals surface area contributed by atoms with E-state index in [0.29, 0.717) is 18.7 Å². The maximum Gasteiger partial charge on any atom is 0.124 e. The molecule has 1 aromatic heterocycles. The summed E-state index contributed by atoms with van der Waals surface area (Å²) in [6.07, 6.45) is 14.1. The minimum absolute atomic E-state index is 0.207. The number of hydrogen-bond acceptors (Lipinski definition) is 5. The quantitative estimate of drug-likeness (QED) is 0.367. The van der Waals surface area contributed by atoms with Crippen molar-refractivity contribution in [3.05, 3.63) is 96.1 Å². The molecule has 0 aliphatic carbocycles. The summed E-state index contributed by atoms with van der Waals surface area (Å²) in [5.74, 6) is 0.469. The number of benzene rings is 1. The summed E-state index contributed by atoms with van der Waals surface area (Å²) < 4.78 is 0. The van der Waals surface area contributed by atoms with E-state index in [1.165, 1.54) is 0 Å². The molecule has 0 saturated carbocycles. The minimum atomic E-state index is -0.376. The van der Waals surface area contributed by atoms with Crippen molar-refractivity contribution in [3.63, 3.8) is 0 Å². The van der Waals surface area contributed by atoms with Crippen molar-refractivity contribution in [1.82, 2.24) is 4.98 Å². The SMILES string of the molecule is C\C(O)=C/C=C\C=C\C=N\C[C@](C)(C/N=C/c1ccccc1O)c1ccccn1. The molecule has 5 heteroatoms. The number of allylic oxidation sites excluding steroid dienone is 6. The van der Waals surface area contributed by atoms with Gasteiger partial charge in [-0.2, -0.15) is 0 Å². The normalized spacial score (nSPS) is 15.0. The molecule has 2 N–H and O–H groups in total. The van der Waals surface area contributed by atoms with Gasteiger partial charge in [-0.3, -0.25) is 15.0 Å². The number of phenolic OH excluding ortho intramolecular Hbond substituents is 1. The number of pyridine rings is 1. The van der Waals surface area contributed by atoms with Crippen LogP contribution in [-0.2, 0) is 5.41 Å². The summed E-state index contributed by atoms with van der Waals surface area (Å²) in [6.45, 7) is 4.70. The molecule has 5 nitrogen and oxygen atoms in total. The van der Waals surface area contributed by atoms with Gasteiger partial charge >= 0.3 is 0 Å². The summed E-state index contributed by atoms with van der Waals surface area (Å²) in [7, 11) is 0. The van der Waals surface area contributed by atoms with Crippen molar-refractivity contribution >= 4 is 12.4 Å². The van der Waals surface area contributed by atoms with Crippen LogP contribution in [0.25, 0.3) is 0 Å². The van der Waals surface area contributed by atoms with E-state index >= 15 is 0 Å². The van der Waals surface area contributed by atoms with Crippen molar-refractivity contribution in [3.8, 4) is 5.75 Å². The lowest BCUT2D eigenvalue weighted by Crippen LogP contribution is -2.30. The van der Waals surface area contributed by atoms with E-state index in [1.807, 2.05) is 48.6 Å². The van der Waals surface area contributed by atoms with Crippen LogP contribution in [0.1, 0.15) is 25.1 Å². The third-order valence-electron chi connectivity index (χ3n) is 4.19. The van der Waals surface area contributed by atoms with Crippen LogP contribution in [0.3, 0.4) is 0 Å². The second kappa shape index (κ2) is 11.4. The van der Waals surface area contributed by atoms with Gasteiger partial charge < -0.3 is 10.2 Å². The van der Waals surface area contributed by atoms with E-state index < -0.39 is 0 Å². The largest absolute Gasteiger partial charge is 0.513 e. The highest BCUT2D eigenvalue weighted by molar-refractivity contribution is 5.83. The maximum atomic E-state index is 9.89. The summed E-state index contributed by atoms with van der Waals surface area (Å²) in [6, 6.07) is 12.9. The molecule has 0 amide bonds. The molecule has 1 aromatic carbocycles. The minimum Gasteiger partial charge on any atom is -0.513 e. The van der Waals surface area contributed by atoms with Gasteiger partial charge in [0, 0.05) is 35.3 Å². The number of para-hydroxylation sites is 1. The standard InChI is InChI=1S/C24H27N3O2/c1-20(28)11-5-3-4-9-15-25-18-24(2,23-14-8-10-16-27-23)19-26-17-21-12-6-7-13-22(21)29/h3-17,28-29H,18-19H2,1-2H3/b5-3-,9-4+,20-11+,25-15+,26-17+/t24-/m1/s1. The Morgan fingerprint density at radius 3 is 2.45 bits per heavy atom. The highest BCUT2D eigenvalue weighted by Gasteiger charge is 2.27. The summed E-state index contributed by atoms with van der Waals surface area (Å²) in [5.41, 5.74) is 1.22. The monoisotopic (exact) mass is 389 g/mol. The lowest BCUT2D eigenvalue weighted by molar-refractivity contribution is 0.414. The number of aliphatic hydroxyl groups excluding tert-OH is 1. The number of phenols is 1. The fraction of sp³-hybridized carbons (Fsp3) is 0.208. The summed E-state index contributed by atoms with van der Waals surface area (Å²) in [4.78, 5) is 13.6. The predicted molar refractivity (Wildman–Crippen MR) is 120 cm³/mol. The second-order valence-electron chi connectivity index (χ2n) is 6.87. The van der Waals surface area contributed by atoms with Gasteiger partial charge in [0.1, 0.15) is 5.75 Å². The van der Waals surface area contributed by atoms with Gasteiger partial charge in [-0.25, -0.2) is 0 Å². The molecule has 0 unspecified atom stereocenters. The van der Waals surface area contributed by atoms with E-state index in [-0.39, 0.29) is 16.9 Å². The smallest absolute Gasteiger partial charge is 0.124 e. The Balaban J connectivity index is 2.07. The van der Waals surface area contributed by atoms with Crippen molar-refractivity contribution in [2.45, 2.75) is 19.3 Å². The lowest BCUT2D eigenvalue weighted by atomic mass is 9.86. The summed E-state index contributed by atoms with van der Waals surface area (Å²) in [5, 5.41) is 19.0. The second-order valence-corrected chi connectivity index (χ2v) is 6.87. The van der Waals surface area contributed by atoms with Crippen LogP contribution in [0.2, 0.25) is 0 Å². The molecule has 0 fully saturated rings. The van der Waals surface area contributed by atoms with Crippen LogP contribution in [0.5, 0.6) is 5.75 Å². The van der Waals surface area contributed by atoms with E-state index in [2.05, 4.69) is 21.9 Å². The van der Waals surface area contributed by atoms with Gasteiger partial charge in [0.25, 0.3) is 0 Å². The van der Waals surface area contributed by atoms with Gasteiger partial charge in [0.2, 0.25) is 0 Å². The average Bonchev–Trinajstić information content (AvgIpc) is 2.72. The molecule has 0 saturated heterocycles. The Kier molecular flexibility index (Phi) is 8.57. The summed E-state index contributed by atoms with van der Waals surface area (Å²) >= 11 is 0. The number of aromatic hydroxyl groups is 1. The lowest BCUT2D eigenvalue weighted by Gasteiger charge is -2.25. The molecule has 150 valence electrons. The third kappa shape index (κ3) is 7.58. The van der Waals surface area contributed by atoms with Crippen LogP contribution in [0.15, 0.2) is 94.8 Å². The predicted octanol–water partition coefficient (Wildman–Crippen LogP) is 4.81. The van der Waals surface area contributed by atoms with Gasteiger partial charge in [-0.1, -0.05) is 43.4 Å². The van der Waals surface area contributed by atoms with Crippen LogP contribution in [0, 0.1) is 0 Å². The molecule has 1 atom stereocenters. The van der Waals surface area contributed by atoms with Crippen LogP contribution in [-0.4, -0.2) is 40.7 Å². The molecule has 2 aromatic rings. The van der Waals surface area contributed by atoms with Gasteiger partial charge in [-0.05, 0) is 43.3 Å². The first kappa shape index (κ1) is 21.8. The van der Waals surface area contributed by atoms with Crippen molar-refractivity contribution < 1.29 is 10.2 Å². The Morgan fingerprint density at radius 1 is 1.00 bits per heavy atom. The third-order valence-corrected chi connectivity index (χ3v) is 4.19. The molecular weight excluding hydrogens is 362 g/mol. The van der Waals surface area contributed by atoms with Crippen molar-refractivity contribution in [2.75, 3.05) is 13.1 Å². The van der Waals surface area contributed by atoms with Gasteiger partial charge in [-0.15, -0.1) is 0 Å². The number of rotatable bonds is 9. The molecule has 29 heavy (non-hydrogen) atoms. The topological polar surface area (TPSA) is 78.1 Å². The maximum absolute atomic E-state index is 9.89. The Hall–Kier alpha value is -3.47. The molecule has 0 radical (unpaired) electrons. The van der Waals surface area contributed by atoms with E-state index in [0.717, 1.165) is 5.69 Å². The Bertz CT molecular complexity index is 911. The Labute approximate surface area is 172 Å². The molecular formula is C24H27N3O2. The highest BCUT2D eigenvalue weighted by Crippen LogP contribution is 2.23. The zero-order valence-corrected chi connectivity index (χ0v) is 16.8. The van der Waals surface area contributed by atoms with Crippen molar-refractivity contribution in [2.24, 2.45) is 9.98 Å². The fourth-order valence-electron chi connectivity index (χ4n) is 2.56. The first-order valence-electron chi connectivity index (χ1n) is 9.40. The molecule has 0 aliphatic heterocycles. The van der Waals surface area contributed by atoms with Crippen LogP contribution in [0.4, 0.5) is 0 Å². The number of aliphatic imine (C=N–C) groups is 2. The zero-order chi connectivity index (χ0) is 21.0. The van der Waals surface area contributed by atoms with E-state index in [4.69, 9.17) is 5.11 Å². The number of hydrogen-bond donors (Lipinski definition) is 2. The highest BCUT2D eigenvalue weighted by atomic mass is 16.3. The van der Waals surface area contributed by atoms with Crippen LogP contribution >= 0.6 is 0 Å². The first-order valence-corrected chi connectivity index (χ1v) is 9.40. The van der Waals surface area contributed by atoms with Gasteiger partial charge in [0.05, 0.1) is 18.8 Å². The molecule has 1 heterocycles. The fourth-order valence-corrected chi connectivity index (χ4v) is 2.56. The van der Waals surface area contributed by atoms with E-state index in [1.54, 1.807) is 49.8 Å². The average molecular weight is 389 g/mol.